The van der Waals surface area contributed by atoms with Gasteiger partial charge in [-0.05, 0) is 25.3 Å². The van der Waals surface area contributed by atoms with Crippen LogP contribution in [0.4, 0.5) is 4.39 Å². The van der Waals surface area contributed by atoms with Gasteiger partial charge in [0.1, 0.15) is 5.82 Å². The second-order valence-corrected chi connectivity index (χ2v) is 7.22. The van der Waals surface area contributed by atoms with Crippen LogP contribution in [-0.2, 0) is 11.3 Å². The maximum Gasteiger partial charge on any atom is 0.221 e. The summed E-state index contributed by atoms with van der Waals surface area (Å²) in [6.07, 6.45) is 5.57. The van der Waals surface area contributed by atoms with E-state index < -0.39 is 5.60 Å². The third kappa shape index (κ3) is 4.14. The predicted molar refractivity (Wildman–Crippen MR) is 90.8 cm³/mol. The summed E-state index contributed by atoms with van der Waals surface area (Å²) in [7, 11) is 0. The Balaban J connectivity index is 1.41. The van der Waals surface area contributed by atoms with Crippen molar-refractivity contribution in [3.8, 4) is 0 Å². The minimum Gasteiger partial charge on any atom is -0.390 e. The van der Waals surface area contributed by atoms with Crippen molar-refractivity contribution in [2.45, 2.75) is 50.7 Å². The van der Waals surface area contributed by atoms with E-state index in [9.17, 15) is 14.3 Å². The highest BCUT2D eigenvalue weighted by Gasteiger charge is 2.42. The van der Waals surface area contributed by atoms with E-state index >= 15 is 0 Å². The van der Waals surface area contributed by atoms with E-state index in [4.69, 9.17) is 0 Å². The Bertz CT molecular complexity index is 580. The zero-order chi connectivity index (χ0) is 17.0. The summed E-state index contributed by atoms with van der Waals surface area (Å²) >= 11 is 0. The van der Waals surface area contributed by atoms with Gasteiger partial charge in [0.05, 0.1) is 5.60 Å². The molecule has 1 aliphatic carbocycles. The number of halogens is 1. The van der Waals surface area contributed by atoms with E-state index in [0.717, 1.165) is 38.8 Å². The van der Waals surface area contributed by atoms with Crippen molar-refractivity contribution in [2.24, 2.45) is 5.92 Å². The third-order valence-electron chi connectivity index (χ3n) is 5.60. The first-order valence-electron chi connectivity index (χ1n) is 9.02. The number of carbonyl (C=O) groups is 1. The highest BCUT2D eigenvalue weighted by atomic mass is 19.1. The molecule has 1 aliphatic heterocycles. The number of nitrogens with one attached hydrogen (secondary N) is 1. The van der Waals surface area contributed by atoms with Crippen LogP contribution in [0.5, 0.6) is 0 Å². The van der Waals surface area contributed by atoms with Crippen LogP contribution in [0.3, 0.4) is 0 Å². The van der Waals surface area contributed by atoms with Gasteiger partial charge in [-0.25, -0.2) is 4.39 Å². The van der Waals surface area contributed by atoms with Gasteiger partial charge in [0.25, 0.3) is 0 Å². The molecule has 1 aromatic rings. The summed E-state index contributed by atoms with van der Waals surface area (Å²) in [4.78, 5) is 14.3. The smallest absolute Gasteiger partial charge is 0.221 e. The average molecular weight is 334 g/mol. The lowest BCUT2D eigenvalue weighted by Gasteiger charge is -2.47. The number of amides is 1. The zero-order valence-electron chi connectivity index (χ0n) is 14.1. The molecule has 1 aromatic carbocycles. The van der Waals surface area contributed by atoms with Crippen LogP contribution in [-0.4, -0.2) is 41.1 Å². The van der Waals surface area contributed by atoms with Gasteiger partial charge in [-0.1, -0.05) is 31.0 Å². The zero-order valence-corrected chi connectivity index (χ0v) is 14.1. The molecule has 2 atom stereocenters. The lowest BCUT2D eigenvalue weighted by Crippen LogP contribution is -2.53. The number of nitrogens with zero attached hydrogens (tertiary/aromatic N) is 1. The van der Waals surface area contributed by atoms with Gasteiger partial charge in [0.2, 0.25) is 5.91 Å². The molecule has 132 valence electrons. The van der Waals surface area contributed by atoms with E-state index in [2.05, 4.69) is 10.2 Å². The van der Waals surface area contributed by atoms with E-state index in [0.29, 0.717) is 24.4 Å². The maximum atomic E-state index is 13.5. The lowest BCUT2D eigenvalue weighted by molar-refractivity contribution is -0.122. The van der Waals surface area contributed by atoms with Gasteiger partial charge in [0, 0.05) is 44.1 Å². The Labute approximate surface area is 143 Å². The Morgan fingerprint density at radius 3 is 3.00 bits per heavy atom. The normalized spacial score (nSPS) is 27.5. The highest BCUT2D eigenvalue weighted by Crippen LogP contribution is 2.39. The van der Waals surface area contributed by atoms with Crippen molar-refractivity contribution in [2.75, 3.05) is 19.6 Å². The van der Waals surface area contributed by atoms with Gasteiger partial charge in [0.15, 0.2) is 0 Å². The third-order valence-corrected chi connectivity index (χ3v) is 5.60. The molecule has 2 fully saturated rings. The molecular weight excluding hydrogens is 307 g/mol. The second-order valence-electron chi connectivity index (χ2n) is 7.22. The van der Waals surface area contributed by atoms with Crippen molar-refractivity contribution in [1.82, 2.24) is 10.2 Å². The Morgan fingerprint density at radius 2 is 2.17 bits per heavy atom. The number of aliphatic hydroxyl groups is 1. The van der Waals surface area contributed by atoms with Crippen molar-refractivity contribution in [3.63, 3.8) is 0 Å². The lowest BCUT2D eigenvalue weighted by atomic mass is 9.71. The highest BCUT2D eigenvalue weighted by molar-refractivity contribution is 5.76. The number of benzene rings is 1. The molecule has 0 bridgehead atoms. The van der Waals surface area contributed by atoms with E-state index in [-0.39, 0.29) is 18.3 Å². The summed E-state index contributed by atoms with van der Waals surface area (Å²) in [5.41, 5.74) is 0.0399. The second kappa shape index (κ2) is 7.62. The number of fused-ring (bicyclic) bond motifs is 1. The molecule has 3 rings (SSSR count). The van der Waals surface area contributed by atoms with Gasteiger partial charge >= 0.3 is 0 Å². The quantitative estimate of drug-likeness (QED) is 0.870. The largest absolute Gasteiger partial charge is 0.390 e. The van der Waals surface area contributed by atoms with Crippen LogP contribution in [0.1, 0.15) is 44.1 Å². The molecule has 0 unspecified atom stereocenters. The number of rotatable bonds is 5. The van der Waals surface area contributed by atoms with Gasteiger partial charge in [-0.2, -0.15) is 0 Å². The number of carbonyl (C=O) groups excluding carboxylic acids is 1. The van der Waals surface area contributed by atoms with Crippen molar-refractivity contribution in [3.05, 3.63) is 35.6 Å². The summed E-state index contributed by atoms with van der Waals surface area (Å²) in [6.45, 7) is 2.67. The Kier molecular flexibility index (Phi) is 5.51. The molecule has 1 saturated heterocycles. The molecule has 5 heteroatoms. The van der Waals surface area contributed by atoms with Crippen molar-refractivity contribution < 1.29 is 14.3 Å². The molecule has 2 N–H and O–H groups in total. The van der Waals surface area contributed by atoms with E-state index in [1.165, 1.54) is 12.5 Å². The fourth-order valence-electron chi connectivity index (χ4n) is 4.03. The number of hydrogen-bond acceptors (Lipinski definition) is 3. The van der Waals surface area contributed by atoms with Crippen LogP contribution >= 0.6 is 0 Å². The number of piperidine rings is 1. The predicted octanol–water partition coefficient (Wildman–Crippen LogP) is 2.46. The van der Waals surface area contributed by atoms with Crippen molar-refractivity contribution in [1.29, 1.82) is 0 Å². The van der Waals surface area contributed by atoms with Crippen molar-refractivity contribution >= 4 is 5.91 Å². The molecule has 1 heterocycles. The summed E-state index contributed by atoms with van der Waals surface area (Å²) in [6, 6.07) is 6.50. The summed E-state index contributed by atoms with van der Waals surface area (Å²) < 4.78 is 13.5. The number of hydrogen-bond donors (Lipinski definition) is 2. The fraction of sp³-hybridized carbons (Fsp3) is 0.632. The standard InChI is InChI=1S/C19H27FN2O2/c20-17-7-2-1-5-15(17)13-21-18(23)8-11-22-12-10-19(24)9-4-3-6-16(19)14-22/h1-2,5,7,16,24H,3-4,6,8-14H2,(H,21,23)/t16-,19-/m1/s1. The van der Waals surface area contributed by atoms with Crippen LogP contribution in [0.2, 0.25) is 0 Å². The molecule has 24 heavy (non-hydrogen) atoms. The molecule has 2 aliphatic rings. The van der Waals surface area contributed by atoms with E-state index in [1.54, 1.807) is 18.2 Å². The van der Waals surface area contributed by atoms with Crippen LogP contribution in [0, 0.1) is 11.7 Å². The van der Waals surface area contributed by atoms with Crippen LogP contribution < -0.4 is 5.32 Å². The molecule has 0 spiro atoms. The fourth-order valence-corrected chi connectivity index (χ4v) is 4.03. The minimum absolute atomic E-state index is 0.0530. The molecule has 4 nitrogen and oxygen atoms in total. The first-order chi connectivity index (χ1) is 11.6. The topological polar surface area (TPSA) is 52.6 Å². The van der Waals surface area contributed by atoms with E-state index in [1.807, 2.05) is 0 Å². The average Bonchev–Trinajstić information content (AvgIpc) is 2.59. The van der Waals surface area contributed by atoms with Crippen LogP contribution in [0.25, 0.3) is 0 Å². The molecule has 0 radical (unpaired) electrons. The molecule has 1 saturated carbocycles. The SMILES string of the molecule is O=C(CCN1CC[C@]2(O)CCCC[C@@H]2C1)NCc1ccccc1F. The monoisotopic (exact) mass is 334 g/mol. The van der Waals surface area contributed by atoms with Gasteiger partial charge in [-0.3, -0.25) is 4.79 Å². The first-order valence-corrected chi connectivity index (χ1v) is 9.02. The van der Waals surface area contributed by atoms with Gasteiger partial charge in [-0.15, -0.1) is 0 Å². The van der Waals surface area contributed by atoms with Crippen LogP contribution in [0.15, 0.2) is 24.3 Å². The number of likely N-dealkylation sites (tertiary alicyclic amines) is 1. The molecule has 0 aromatic heterocycles. The summed E-state index contributed by atoms with van der Waals surface area (Å²) in [5, 5.41) is 13.5. The first kappa shape index (κ1) is 17.4. The van der Waals surface area contributed by atoms with Gasteiger partial charge < -0.3 is 15.3 Å². The Morgan fingerprint density at radius 1 is 1.33 bits per heavy atom. The minimum atomic E-state index is -0.470. The molecule has 1 amide bonds. The summed E-state index contributed by atoms with van der Waals surface area (Å²) in [5.74, 6) is 0.00891. The molecular formula is C19H27FN2O2. The maximum absolute atomic E-state index is 13.5. The Hall–Kier alpha value is -1.46.